The van der Waals surface area contributed by atoms with Gasteiger partial charge in [0.15, 0.2) is 5.96 Å². The molecule has 0 bridgehead atoms. The highest BCUT2D eigenvalue weighted by Crippen LogP contribution is 2.15. The Morgan fingerprint density at radius 1 is 1.26 bits per heavy atom. The van der Waals surface area contributed by atoms with E-state index in [1.165, 1.54) is 18.4 Å². The number of hydrogen-bond donors (Lipinski definition) is 2. The van der Waals surface area contributed by atoms with Gasteiger partial charge in [-0.15, -0.1) is 24.0 Å². The van der Waals surface area contributed by atoms with Gasteiger partial charge >= 0.3 is 0 Å². The number of benzene rings is 1. The number of aromatic nitrogens is 2. The second-order valence-electron chi connectivity index (χ2n) is 7.35. The lowest BCUT2D eigenvalue weighted by molar-refractivity contribution is 0.167. The van der Waals surface area contributed by atoms with E-state index in [9.17, 15) is 0 Å². The van der Waals surface area contributed by atoms with Crippen LogP contribution in [0.25, 0.3) is 11.0 Å². The second kappa shape index (κ2) is 10.3. The van der Waals surface area contributed by atoms with Gasteiger partial charge in [0.2, 0.25) is 0 Å². The van der Waals surface area contributed by atoms with Crippen LogP contribution in [0.5, 0.6) is 0 Å². The fraction of sp³-hybridized carbons (Fsp3) is 0.600. The number of aliphatic imine (C=N–C) groups is 1. The molecule has 0 aliphatic carbocycles. The molecule has 2 heterocycles. The van der Waals surface area contributed by atoms with Gasteiger partial charge in [0.25, 0.3) is 0 Å². The van der Waals surface area contributed by atoms with Crippen LogP contribution in [0, 0.1) is 6.92 Å². The van der Waals surface area contributed by atoms with E-state index in [0.29, 0.717) is 12.1 Å². The second-order valence-corrected chi connectivity index (χ2v) is 7.35. The number of aryl methyl sites for hydroxylation is 1. The molecule has 0 atom stereocenters. The van der Waals surface area contributed by atoms with E-state index in [2.05, 4.69) is 69.0 Å². The number of nitrogens with one attached hydrogen (secondary N) is 2. The largest absolute Gasteiger partial charge is 0.355 e. The van der Waals surface area contributed by atoms with Crippen LogP contribution in [-0.4, -0.2) is 59.2 Å². The summed E-state index contributed by atoms with van der Waals surface area (Å²) < 4.78 is 2.26. The fourth-order valence-electron chi connectivity index (χ4n) is 3.71. The molecule has 2 N–H and O–H groups in total. The first-order valence-electron chi connectivity index (χ1n) is 9.71. The highest BCUT2D eigenvalue weighted by atomic mass is 127. The molecule has 0 radical (unpaired) electrons. The van der Waals surface area contributed by atoms with Crippen molar-refractivity contribution in [3.8, 4) is 0 Å². The third-order valence-corrected chi connectivity index (χ3v) is 5.30. The van der Waals surface area contributed by atoms with Gasteiger partial charge in [-0.3, -0.25) is 4.99 Å². The molecule has 0 unspecified atom stereocenters. The predicted octanol–water partition coefficient (Wildman–Crippen LogP) is 3.00. The smallest absolute Gasteiger partial charge is 0.191 e. The summed E-state index contributed by atoms with van der Waals surface area (Å²) in [7, 11) is 1.84. The summed E-state index contributed by atoms with van der Waals surface area (Å²) in [6, 6.07) is 9.44. The van der Waals surface area contributed by atoms with Crippen molar-refractivity contribution < 1.29 is 0 Å². The Morgan fingerprint density at radius 2 is 1.96 bits per heavy atom. The van der Waals surface area contributed by atoms with Crippen LogP contribution in [-0.2, 0) is 6.54 Å². The molecule has 1 saturated heterocycles. The minimum absolute atomic E-state index is 0. The number of likely N-dealkylation sites (tertiary alicyclic amines) is 1. The van der Waals surface area contributed by atoms with Gasteiger partial charge in [-0.05, 0) is 45.7 Å². The zero-order valence-corrected chi connectivity index (χ0v) is 19.2. The van der Waals surface area contributed by atoms with Crippen molar-refractivity contribution in [2.75, 3.05) is 26.7 Å². The van der Waals surface area contributed by atoms with Crippen molar-refractivity contribution in [2.45, 2.75) is 52.2 Å². The summed E-state index contributed by atoms with van der Waals surface area (Å²) in [6.07, 6.45) is 2.34. The zero-order valence-electron chi connectivity index (χ0n) is 16.9. The van der Waals surface area contributed by atoms with Gasteiger partial charge in [0.1, 0.15) is 5.82 Å². The molecule has 1 aliphatic heterocycles. The number of guanidine groups is 1. The lowest BCUT2D eigenvalue weighted by Crippen LogP contribution is -2.50. The molecule has 150 valence electrons. The lowest BCUT2D eigenvalue weighted by atomic mass is 10.0. The topological polar surface area (TPSA) is 57.5 Å². The molecule has 1 aromatic heterocycles. The standard InChI is InChI=1S/C20H32N6.HI/c1-15(2)25-12-9-17(10-13-25)24-20(21-4)22-11-14-26-16(3)23-18-7-5-6-8-19(18)26;/h5-8,15,17H,9-14H2,1-4H3,(H2,21,22,24);1H. The molecule has 6 nitrogen and oxygen atoms in total. The Balaban J connectivity index is 0.00000261. The normalized spacial score (nSPS) is 16.6. The summed E-state index contributed by atoms with van der Waals surface area (Å²) in [5.41, 5.74) is 2.25. The van der Waals surface area contributed by atoms with Gasteiger partial charge in [0, 0.05) is 45.3 Å². The lowest BCUT2D eigenvalue weighted by Gasteiger charge is -2.35. The average molecular weight is 484 g/mol. The maximum Gasteiger partial charge on any atom is 0.191 e. The molecule has 1 aromatic carbocycles. The minimum Gasteiger partial charge on any atom is -0.355 e. The van der Waals surface area contributed by atoms with Crippen molar-refractivity contribution in [1.29, 1.82) is 0 Å². The number of para-hydroxylation sites is 2. The minimum atomic E-state index is 0. The molecule has 0 amide bonds. The molecule has 0 saturated carbocycles. The van der Waals surface area contributed by atoms with Crippen LogP contribution in [0.4, 0.5) is 0 Å². The first-order valence-corrected chi connectivity index (χ1v) is 9.71. The van der Waals surface area contributed by atoms with E-state index in [-0.39, 0.29) is 24.0 Å². The van der Waals surface area contributed by atoms with Crippen LogP contribution in [0.2, 0.25) is 0 Å². The summed E-state index contributed by atoms with van der Waals surface area (Å²) in [4.78, 5) is 11.6. The number of nitrogens with zero attached hydrogens (tertiary/aromatic N) is 4. The van der Waals surface area contributed by atoms with Crippen molar-refractivity contribution in [3.63, 3.8) is 0 Å². The Bertz CT molecular complexity index is 746. The molecule has 2 aromatic rings. The molecular formula is C20H33IN6. The highest BCUT2D eigenvalue weighted by molar-refractivity contribution is 14.0. The molecule has 1 fully saturated rings. The van der Waals surface area contributed by atoms with Crippen molar-refractivity contribution in [1.82, 2.24) is 25.1 Å². The van der Waals surface area contributed by atoms with E-state index in [1.807, 2.05) is 13.1 Å². The molecule has 27 heavy (non-hydrogen) atoms. The number of fused-ring (bicyclic) bond motifs is 1. The van der Waals surface area contributed by atoms with Crippen LogP contribution >= 0.6 is 24.0 Å². The summed E-state index contributed by atoms with van der Waals surface area (Å²) in [5.74, 6) is 1.95. The molecule has 7 heteroatoms. The van der Waals surface area contributed by atoms with E-state index in [0.717, 1.165) is 43.5 Å². The first kappa shape index (κ1) is 21.9. The number of rotatable bonds is 5. The average Bonchev–Trinajstić information content (AvgIpc) is 2.96. The Morgan fingerprint density at radius 3 is 2.63 bits per heavy atom. The SMILES string of the molecule is CN=C(NCCn1c(C)nc2ccccc21)NC1CCN(C(C)C)CC1.I. The van der Waals surface area contributed by atoms with Gasteiger partial charge in [0.05, 0.1) is 11.0 Å². The number of hydrogen-bond acceptors (Lipinski definition) is 3. The summed E-state index contributed by atoms with van der Waals surface area (Å²) >= 11 is 0. The van der Waals surface area contributed by atoms with E-state index >= 15 is 0 Å². The van der Waals surface area contributed by atoms with Gasteiger partial charge in [-0.2, -0.15) is 0 Å². The van der Waals surface area contributed by atoms with Crippen LogP contribution < -0.4 is 10.6 Å². The van der Waals surface area contributed by atoms with Crippen molar-refractivity contribution >= 4 is 41.0 Å². The number of piperidine rings is 1. The van der Waals surface area contributed by atoms with Crippen LogP contribution in [0.3, 0.4) is 0 Å². The fourth-order valence-corrected chi connectivity index (χ4v) is 3.71. The molecule has 0 spiro atoms. The quantitative estimate of drug-likeness (QED) is 0.389. The summed E-state index contributed by atoms with van der Waals surface area (Å²) in [6.45, 7) is 10.6. The first-order chi connectivity index (χ1) is 12.6. The van der Waals surface area contributed by atoms with Gasteiger partial charge in [-0.25, -0.2) is 4.98 Å². The zero-order chi connectivity index (χ0) is 18.5. The monoisotopic (exact) mass is 484 g/mol. The van der Waals surface area contributed by atoms with Gasteiger partial charge < -0.3 is 20.1 Å². The molecule has 1 aliphatic rings. The van der Waals surface area contributed by atoms with E-state index < -0.39 is 0 Å². The Hall–Kier alpha value is -1.35. The maximum absolute atomic E-state index is 4.63. The third-order valence-electron chi connectivity index (χ3n) is 5.30. The van der Waals surface area contributed by atoms with Gasteiger partial charge in [-0.1, -0.05) is 12.1 Å². The Labute approximate surface area is 179 Å². The summed E-state index contributed by atoms with van der Waals surface area (Å²) in [5, 5.41) is 7.04. The number of halogens is 1. The Kier molecular flexibility index (Phi) is 8.34. The maximum atomic E-state index is 4.63. The van der Waals surface area contributed by atoms with E-state index in [1.54, 1.807) is 0 Å². The number of imidazole rings is 1. The highest BCUT2D eigenvalue weighted by Gasteiger charge is 2.21. The molecular weight excluding hydrogens is 451 g/mol. The van der Waals surface area contributed by atoms with Crippen molar-refractivity contribution in [2.24, 2.45) is 4.99 Å². The predicted molar refractivity (Wildman–Crippen MR) is 124 cm³/mol. The van der Waals surface area contributed by atoms with Crippen molar-refractivity contribution in [3.05, 3.63) is 30.1 Å². The third kappa shape index (κ3) is 5.57. The van der Waals surface area contributed by atoms with Crippen LogP contribution in [0.15, 0.2) is 29.3 Å². The van der Waals surface area contributed by atoms with E-state index in [4.69, 9.17) is 0 Å². The van der Waals surface area contributed by atoms with Crippen LogP contribution in [0.1, 0.15) is 32.5 Å². The molecule has 3 rings (SSSR count).